The molecule has 3 rings (SSSR count). The maximum absolute atomic E-state index is 11.2. The van der Waals surface area contributed by atoms with Gasteiger partial charge in [-0.05, 0) is 54.3 Å². The van der Waals surface area contributed by atoms with Crippen LogP contribution >= 0.6 is 0 Å². The van der Waals surface area contributed by atoms with Crippen molar-refractivity contribution in [1.29, 1.82) is 5.26 Å². The summed E-state index contributed by atoms with van der Waals surface area (Å²) < 4.78 is 11.1. The summed E-state index contributed by atoms with van der Waals surface area (Å²) in [6.45, 7) is 5.40. The molecule has 0 spiro atoms. The number of rotatable bonds is 10. The minimum absolute atomic E-state index is 0.336. The first-order valence-electron chi connectivity index (χ1n) is 10.6. The Balaban J connectivity index is 1.44. The summed E-state index contributed by atoms with van der Waals surface area (Å²) >= 11 is 0. The number of nitriles is 1. The monoisotopic (exact) mass is 420 g/mol. The van der Waals surface area contributed by atoms with E-state index in [1.807, 2.05) is 42.5 Å². The van der Waals surface area contributed by atoms with Crippen LogP contribution in [0.2, 0.25) is 0 Å². The molecule has 1 unspecified atom stereocenters. The normalized spacial score (nSPS) is 15.0. The number of carboxylic acids is 1. The van der Waals surface area contributed by atoms with Crippen LogP contribution in [0.3, 0.4) is 0 Å². The summed E-state index contributed by atoms with van der Waals surface area (Å²) in [5.74, 6) is -0.174. The zero-order chi connectivity index (χ0) is 22.1. The summed E-state index contributed by atoms with van der Waals surface area (Å²) in [6, 6.07) is 17.5. The Bertz CT molecular complexity index is 947. The molecule has 0 fully saturated rings. The topological polar surface area (TPSA) is 82.8 Å². The van der Waals surface area contributed by atoms with Crippen LogP contribution in [0.15, 0.2) is 54.6 Å². The van der Waals surface area contributed by atoms with Crippen molar-refractivity contribution in [2.45, 2.75) is 25.9 Å². The molecule has 0 radical (unpaired) electrons. The van der Waals surface area contributed by atoms with E-state index in [0.717, 1.165) is 42.9 Å². The Kier molecular flexibility index (Phi) is 8.22. The highest BCUT2D eigenvalue weighted by Gasteiger charge is 2.18. The molecule has 0 saturated carbocycles. The Hall–Kier alpha value is -3.14. The van der Waals surface area contributed by atoms with Crippen LogP contribution < -0.4 is 4.74 Å². The van der Waals surface area contributed by atoms with Crippen LogP contribution in [0.1, 0.15) is 30.0 Å². The fraction of sp³-hybridized carbons (Fsp3) is 0.360. The van der Waals surface area contributed by atoms with Crippen molar-refractivity contribution in [3.05, 3.63) is 71.3 Å². The van der Waals surface area contributed by atoms with E-state index in [0.29, 0.717) is 25.2 Å². The van der Waals surface area contributed by atoms with Gasteiger partial charge in [-0.25, -0.2) is 4.79 Å². The van der Waals surface area contributed by atoms with Crippen LogP contribution in [0, 0.1) is 11.3 Å². The van der Waals surface area contributed by atoms with Crippen molar-refractivity contribution in [3.63, 3.8) is 0 Å². The molecule has 1 atom stereocenters. The predicted octanol–water partition coefficient (Wildman–Crippen LogP) is 3.76. The number of benzene rings is 2. The van der Waals surface area contributed by atoms with Crippen molar-refractivity contribution in [1.82, 2.24) is 4.90 Å². The zero-order valence-corrected chi connectivity index (χ0v) is 17.8. The van der Waals surface area contributed by atoms with Gasteiger partial charge in [-0.3, -0.25) is 4.90 Å². The fourth-order valence-electron chi connectivity index (χ4n) is 3.61. The van der Waals surface area contributed by atoms with Crippen LogP contribution in [0.5, 0.6) is 5.75 Å². The molecule has 1 aliphatic heterocycles. The first-order valence-corrected chi connectivity index (χ1v) is 10.6. The third-order valence-corrected chi connectivity index (χ3v) is 5.32. The average molecular weight is 421 g/mol. The number of hydrogen-bond donors (Lipinski definition) is 1. The van der Waals surface area contributed by atoms with Gasteiger partial charge >= 0.3 is 5.97 Å². The molecule has 0 saturated heterocycles. The predicted molar refractivity (Wildman–Crippen MR) is 119 cm³/mol. The molecule has 2 aromatic rings. The number of carbonyl (C=O) groups is 1. The van der Waals surface area contributed by atoms with Gasteiger partial charge < -0.3 is 14.6 Å². The first-order chi connectivity index (χ1) is 15.1. The number of aliphatic carboxylic acids is 1. The maximum Gasteiger partial charge on any atom is 0.333 e. The minimum atomic E-state index is -0.946. The maximum atomic E-state index is 11.2. The van der Waals surface area contributed by atoms with Crippen LogP contribution in [0.4, 0.5) is 0 Å². The Morgan fingerprint density at radius 2 is 2.06 bits per heavy atom. The van der Waals surface area contributed by atoms with Crippen molar-refractivity contribution >= 4 is 11.5 Å². The lowest BCUT2D eigenvalue weighted by Gasteiger charge is -2.26. The van der Waals surface area contributed by atoms with Crippen LogP contribution in [-0.2, 0) is 16.0 Å². The third-order valence-electron chi connectivity index (χ3n) is 5.32. The molecule has 1 aliphatic rings. The largest absolute Gasteiger partial charge is 0.492 e. The second-order valence-corrected chi connectivity index (χ2v) is 7.45. The summed E-state index contributed by atoms with van der Waals surface area (Å²) in [5.41, 5.74) is 4.01. The first kappa shape index (κ1) is 22.5. The summed E-state index contributed by atoms with van der Waals surface area (Å²) in [7, 11) is 0. The second kappa shape index (κ2) is 11.3. The van der Waals surface area contributed by atoms with Gasteiger partial charge in [0.05, 0.1) is 11.6 Å². The third kappa shape index (κ3) is 6.68. The van der Waals surface area contributed by atoms with Crippen molar-refractivity contribution in [2.75, 3.05) is 32.8 Å². The zero-order valence-electron chi connectivity index (χ0n) is 17.8. The van der Waals surface area contributed by atoms with Crippen LogP contribution in [0.25, 0.3) is 5.57 Å². The number of ether oxygens (including phenoxy) is 2. The van der Waals surface area contributed by atoms with Gasteiger partial charge in [-0.15, -0.1) is 0 Å². The number of hydrogen-bond acceptors (Lipinski definition) is 5. The van der Waals surface area contributed by atoms with Crippen molar-refractivity contribution in [2.24, 2.45) is 0 Å². The Labute approximate surface area is 183 Å². The molecule has 6 heteroatoms. The summed E-state index contributed by atoms with van der Waals surface area (Å²) in [6.07, 6.45) is 2.69. The van der Waals surface area contributed by atoms with Gasteiger partial charge in [-0.1, -0.05) is 30.3 Å². The van der Waals surface area contributed by atoms with Gasteiger partial charge in [0.15, 0.2) is 6.10 Å². The molecular weight excluding hydrogens is 392 g/mol. The lowest BCUT2D eigenvalue weighted by molar-refractivity contribution is -0.149. The standard InChI is InChI=1S/C25H28N2O4/c1-2-30-24(25(28)29)17-19-6-8-23(9-7-19)31-15-14-27-12-10-21(11-13-27)22-5-3-4-20(16-22)18-26/h3-10,16,24H,2,11-15,17H2,1H3,(H,28,29). The quantitative estimate of drug-likeness (QED) is 0.630. The molecule has 31 heavy (non-hydrogen) atoms. The fourth-order valence-corrected chi connectivity index (χ4v) is 3.61. The Morgan fingerprint density at radius 1 is 1.26 bits per heavy atom. The van der Waals surface area contributed by atoms with Gasteiger partial charge in [0, 0.05) is 32.7 Å². The highest BCUT2D eigenvalue weighted by Crippen LogP contribution is 2.23. The van der Waals surface area contributed by atoms with E-state index in [-0.39, 0.29) is 0 Å². The molecule has 6 nitrogen and oxygen atoms in total. The van der Waals surface area contributed by atoms with Gasteiger partial charge in [0.1, 0.15) is 12.4 Å². The second-order valence-electron chi connectivity index (χ2n) is 7.45. The van der Waals surface area contributed by atoms with Crippen molar-refractivity contribution < 1.29 is 19.4 Å². The number of nitrogens with zero attached hydrogens (tertiary/aromatic N) is 2. The van der Waals surface area contributed by atoms with Gasteiger partial charge in [0.2, 0.25) is 0 Å². The highest BCUT2D eigenvalue weighted by molar-refractivity contribution is 5.72. The molecule has 0 amide bonds. The van der Waals surface area contributed by atoms with Crippen molar-refractivity contribution in [3.8, 4) is 11.8 Å². The van der Waals surface area contributed by atoms with E-state index in [2.05, 4.69) is 23.1 Å². The lowest BCUT2D eigenvalue weighted by atomic mass is 9.98. The molecule has 0 aromatic heterocycles. The van der Waals surface area contributed by atoms with Gasteiger partial charge in [0.25, 0.3) is 0 Å². The van der Waals surface area contributed by atoms with E-state index >= 15 is 0 Å². The molecule has 2 aromatic carbocycles. The molecule has 1 N–H and O–H groups in total. The molecule has 0 aliphatic carbocycles. The average Bonchev–Trinajstić information content (AvgIpc) is 2.80. The summed E-state index contributed by atoms with van der Waals surface area (Å²) in [5, 5.41) is 18.3. The Morgan fingerprint density at radius 3 is 2.71 bits per heavy atom. The molecule has 0 bridgehead atoms. The summed E-state index contributed by atoms with van der Waals surface area (Å²) in [4.78, 5) is 13.5. The van der Waals surface area contributed by atoms with E-state index in [4.69, 9.17) is 14.7 Å². The minimum Gasteiger partial charge on any atom is -0.492 e. The lowest BCUT2D eigenvalue weighted by Crippen LogP contribution is -2.32. The van der Waals surface area contributed by atoms with E-state index in [9.17, 15) is 9.90 Å². The van der Waals surface area contributed by atoms with E-state index in [1.54, 1.807) is 6.92 Å². The molecule has 1 heterocycles. The van der Waals surface area contributed by atoms with E-state index < -0.39 is 12.1 Å². The SMILES string of the molecule is CCOC(Cc1ccc(OCCN2CC=C(c3cccc(C#N)c3)CC2)cc1)C(=O)O. The smallest absolute Gasteiger partial charge is 0.333 e. The molecular formula is C25H28N2O4. The number of carboxylic acid groups (broad SMARTS) is 1. The van der Waals surface area contributed by atoms with Crippen LogP contribution in [-0.4, -0.2) is 54.9 Å². The van der Waals surface area contributed by atoms with E-state index in [1.165, 1.54) is 5.57 Å². The molecule has 162 valence electrons. The highest BCUT2D eigenvalue weighted by atomic mass is 16.5. The van der Waals surface area contributed by atoms with Gasteiger partial charge in [-0.2, -0.15) is 5.26 Å².